The number of ether oxygens (including phenoxy) is 1. The lowest BCUT2D eigenvalue weighted by atomic mass is 9.84. The number of halogens is 2. The zero-order valence-corrected chi connectivity index (χ0v) is 18.1. The molecule has 3 heterocycles. The van der Waals surface area contributed by atoms with Crippen LogP contribution in [0.1, 0.15) is 32.6 Å². The Morgan fingerprint density at radius 1 is 1.18 bits per heavy atom. The number of aliphatic hydroxyl groups is 1. The second-order valence-electron chi connectivity index (χ2n) is 8.64. The van der Waals surface area contributed by atoms with E-state index in [0.29, 0.717) is 24.3 Å². The molecule has 0 unspecified atom stereocenters. The molecule has 4 aromatic rings. The second-order valence-corrected chi connectivity index (χ2v) is 8.64. The van der Waals surface area contributed by atoms with E-state index in [1.807, 2.05) is 31.2 Å². The predicted octanol–water partition coefficient (Wildman–Crippen LogP) is 4.09. The third-order valence-electron chi connectivity index (χ3n) is 6.00. The van der Waals surface area contributed by atoms with Gasteiger partial charge in [0.15, 0.2) is 6.61 Å². The Morgan fingerprint density at radius 3 is 2.70 bits per heavy atom. The van der Waals surface area contributed by atoms with E-state index in [1.165, 1.54) is 0 Å². The van der Waals surface area contributed by atoms with Crippen molar-refractivity contribution in [2.45, 2.75) is 50.7 Å². The Kier molecular flexibility index (Phi) is 5.53. The van der Waals surface area contributed by atoms with Crippen LogP contribution in [0, 0.1) is 0 Å². The van der Waals surface area contributed by atoms with Gasteiger partial charge < -0.3 is 15.2 Å². The Morgan fingerprint density at radius 2 is 1.94 bits per heavy atom. The summed E-state index contributed by atoms with van der Waals surface area (Å²) in [5, 5.41) is 18.0. The molecule has 0 aliphatic heterocycles. The number of alkyl halides is 2. The minimum Gasteiger partial charge on any atom is -0.470 e. The van der Waals surface area contributed by atoms with Crippen molar-refractivity contribution in [3.05, 3.63) is 42.9 Å². The minimum absolute atomic E-state index is 0.0786. The minimum atomic E-state index is -2.63. The topological polar surface area (TPSA) is 97.5 Å². The summed E-state index contributed by atoms with van der Waals surface area (Å²) >= 11 is 0. The van der Waals surface area contributed by atoms with Crippen molar-refractivity contribution in [3.8, 4) is 17.0 Å². The summed E-state index contributed by atoms with van der Waals surface area (Å²) in [6.07, 6.45) is 5.22. The third kappa shape index (κ3) is 4.56. The Bertz CT molecular complexity index is 1280. The van der Waals surface area contributed by atoms with Gasteiger partial charge in [-0.25, -0.2) is 13.3 Å². The molecule has 0 spiro atoms. The molecule has 10 heteroatoms. The SMILES string of the molecule is C[C@]1(O)CC[C@H](Nc2nc(OCC(F)F)c3c(-c4ccc5nccnc5c4)ccn3n2)CC1. The van der Waals surface area contributed by atoms with Crippen molar-refractivity contribution in [2.75, 3.05) is 11.9 Å². The molecule has 0 bridgehead atoms. The first kappa shape index (κ1) is 21.4. The molecule has 2 N–H and O–H groups in total. The fraction of sp³-hybridized carbons (Fsp3) is 0.391. The van der Waals surface area contributed by atoms with Crippen molar-refractivity contribution < 1.29 is 18.6 Å². The molecule has 0 amide bonds. The molecule has 5 rings (SSSR count). The van der Waals surface area contributed by atoms with Crippen molar-refractivity contribution in [1.82, 2.24) is 24.6 Å². The van der Waals surface area contributed by atoms with Gasteiger partial charge in [-0.1, -0.05) is 6.07 Å². The number of hydrogen-bond donors (Lipinski definition) is 2. The number of rotatable bonds is 6. The van der Waals surface area contributed by atoms with Crippen LogP contribution in [0.5, 0.6) is 5.88 Å². The Labute approximate surface area is 188 Å². The van der Waals surface area contributed by atoms with E-state index in [9.17, 15) is 13.9 Å². The quantitative estimate of drug-likeness (QED) is 0.453. The van der Waals surface area contributed by atoms with Crippen LogP contribution in [0.3, 0.4) is 0 Å². The molecule has 1 aromatic carbocycles. The van der Waals surface area contributed by atoms with Gasteiger partial charge in [-0.2, -0.15) is 4.98 Å². The van der Waals surface area contributed by atoms with E-state index < -0.39 is 18.6 Å². The highest BCUT2D eigenvalue weighted by Crippen LogP contribution is 2.34. The largest absolute Gasteiger partial charge is 0.470 e. The molecular formula is C23H24F2N6O2. The first-order chi connectivity index (χ1) is 15.9. The van der Waals surface area contributed by atoms with Gasteiger partial charge in [-0.15, -0.1) is 5.10 Å². The Hall–Kier alpha value is -3.40. The zero-order valence-electron chi connectivity index (χ0n) is 18.1. The van der Waals surface area contributed by atoms with Crippen molar-refractivity contribution >= 4 is 22.5 Å². The van der Waals surface area contributed by atoms with Crippen LogP contribution in [-0.4, -0.2) is 54.3 Å². The molecule has 1 fully saturated rings. The van der Waals surface area contributed by atoms with Crippen molar-refractivity contribution in [2.24, 2.45) is 0 Å². The highest BCUT2D eigenvalue weighted by molar-refractivity contribution is 5.89. The lowest BCUT2D eigenvalue weighted by Crippen LogP contribution is -2.36. The number of aromatic nitrogens is 5. The molecule has 1 aliphatic rings. The number of hydrogen-bond acceptors (Lipinski definition) is 7. The van der Waals surface area contributed by atoms with Gasteiger partial charge in [0.1, 0.15) is 5.52 Å². The number of nitrogens with zero attached hydrogens (tertiary/aromatic N) is 5. The van der Waals surface area contributed by atoms with Gasteiger partial charge >= 0.3 is 0 Å². The maximum Gasteiger partial charge on any atom is 0.272 e. The molecular weight excluding hydrogens is 430 g/mol. The molecule has 1 saturated carbocycles. The first-order valence-corrected chi connectivity index (χ1v) is 10.9. The number of fused-ring (bicyclic) bond motifs is 2. The third-order valence-corrected chi connectivity index (χ3v) is 6.00. The van der Waals surface area contributed by atoms with Gasteiger partial charge in [0.05, 0.1) is 16.6 Å². The fourth-order valence-electron chi connectivity index (χ4n) is 4.23. The molecule has 0 radical (unpaired) electrons. The van der Waals surface area contributed by atoms with E-state index in [1.54, 1.807) is 23.1 Å². The van der Waals surface area contributed by atoms with Crippen molar-refractivity contribution in [3.63, 3.8) is 0 Å². The molecule has 1 aliphatic carbocycles. The zero-order chi connectivity index (χ0) is 23.0. The van der Waals surface area contributed by atoms with Crippen LogP contribution in [0.15, 0.2) is 42.9 Å². The number of nitrogens with one attached hydrogen (secondary N) is 1. The van der Waals surface area contributed by atoms with Crippen LogP contribution in [0.2, 0.25) is 0 Å². The van der Waals surface area contributed by atoms with Crippen LogP contribution < -0.4 is 10.1 Å². The highest BCUT2D eigenvalue weighted by Gasteiger charge is 2.29. The summed E-state index contributed by atoms with van der Waals surface area (Å²) in [6.45, 7) is 1.06. The summed E-state index contributed by atoms with van der Waals surface area (Å²) in [7, 11) is 0. The summed E-state index contributed by atoms with van der Waals surface area (Å²) in [5.74, 6) is 0.375. The van der Waals surface area contributed by atoms with Crippen LogP contribution in [-0.2, 0) is 0 Å². The van der Waals surface area contributed by atoms with E-state index in [4.69, 9.17) is 4.74 Å². The summed E-state index contributed by atoms with van der Waals surface area (Å²) in [6, 6.07) is 7.56. The van der Waals surface area contributed by atoms with Crippen LogP contribution >= 0.6 is 0 Å². The van der Waals surface area contributed by atoms with E-state index in [0.717, 1.165) is 35.0 Å². The van der Waals surface area contributed by atoms with Gasteiger partial charge in [-0.05, 0) is 56.4 Å². The molecule has 0 atom stereocenters. The maximum atomic E-state index is 13.0. The molecule has 3 aromatic heterocycles. The van der Waals surface area contributed by atoms with Crippen molar-refractivity contribution in [1.29, 1.82) is 0 Å². The highest BCUT2D eigenvalue weighted by atomic mass is 19.3. The predicted molar refractivity (Wildman–Crippen MR) is 120 cm³/mol. The standard InChI is InChI=1S/C23H24F2N6O2/c1-23(32)7-4-15(5-8-23)28-22-29-21(33-13-19(24)25)20-16(6-11-31(20)30-22)14-2-3-17-18(12-14)27-10-9-26-17/h2-3,6,9-12,15,19,32H,4-5,7-8,13H2,1H3,(H,28,30)/t15-,23-. The second kappa shape index (κ2) is 8.51. The van der Waals surface area contributed by atoms with Gasteiger partial charge in [0.25, 0.3) is 6.43 Å². The average molecular weight is 454 g/mol. The average Bonchev–Trinajstić information content (AvgIpc) is 3.23. The lowest BCUT2D eigenvalue weighted by molar-refractivity contribution is 0.0195. The number of anilines is 1. The molecule has 33 heavy (non-hydrogen) atoms. The number of benzene rings is 1. The van der Waals surface area contributed by atoms with Gasteiger partial charge in [-0.3, -0.25) is 9.97 Å². The fourth-order valence-corrected chi connectivity index (χ4v) is 4.23. The van der Waals surface area contributed by atoms with Crippen LogP contribution in [0.4, 0.5) is 14.7 Å². The normalized spacial score (nSPS) is 21.1. The first-order valence-electron chi connectivity index (χ1n) is 10.9. The van der Waals surface area contributed by atoms with Gasteiger partial charge in [0.2, 0.25) is 11.8 Å². The summed E-state index contributed by atoms with van der Waals surface area (Å²) in [5.41, 5.74) is 2.88. The smallest absolute Gasteiger partial charge is 0.272 e. The Balaban J connectivity index is 1.52. The molecule has 8 nitrogen and oxygen atoms in total. The van der Waals surface area contributed by atoms with E-state index >= 15 is 0 Å². The van der Waals surface area contributed by atoms with Crippen LogP contribution in [0.25, 0.3) is 27.7 Å². The summed E-state index contributed by atoms with van der Waals surface area (Å²) < 4.78 is 32.9. The lowest BCUT2D eigenvalue weighted by Gasteiger charge is -2.33. The van der Waals surface area contributed by atoms with Gasteiger partial charge in [0, 0.05) is 30.2 Å². The molecule has 0 saturated heterocycles. The summed E-state index contributed by atoms with van der Waals surface area (Å²) in [4.78, 5) is 13.1. The monoisotopic (exact) mass is 454 g/mol. The maximum absolute atomic E-state index is 13.0. The van der Waals surface area contributed by atoms with E-state index in [2.05, 4.69) is 25.4 Å². The van der Waals surface area contributed by atoms with E-state index in [-0.39, 0.29) is 11.9 Å². The molecule has 172 valence electrons.